The summed E-state index contributed by atoms with van der Waals surface area (Å²) in [7, 11) is 0. The molecule has 0 nitrogen and oxygen atoms in total. The van der Waals surface area contributed by atoms with Crippen LogP contribution in [0.2, 0.25) is 0 Å². The third-order valence-electron chi connectivity index (χ3n) is 4.03. The minimum absolute atomic E-state index is 0.319. The van der Waals surface area contributed by atoms with Crippen LogP contribution in [0.5, 0.6) is 0 Å². The highest BCUT2D eigenvalue weighted by Crippen LogP contribution is 2.33. The molecule has 24 heavy (non-hydrogen) atoms. The van der Waals surface area contributed by atoms with Gasteiger partial charge in [0.25, 0.3) is 0 Å². The van der Waals surface area contributed by atoms with Crippen molar-refractivity contribution in [2.75, 3.05) is 0 Å². The Balaban J connectivity index is 2.08. The molecule has 0 fully saturated rings. The van der Waals surface area contributed by atoms with Gasteiger partial charge in [0.1, 0.15) is 0 Å². The van der Waals surface area contributed by atoms with Crippen molar-refractivity contribution >= 4 is 0 Å². The number of hydrogen-bond acceptors (Lipinski definition) is 0. The fourth-order valence-corrected chi connectivity index (χ4v) is 2.84. The first-order valence-corrected chi connectivity index (χ1v) is 7.93. The highest BCUT2D eigenvalue weighted by molar-refractivity contribution is 5.83. The maximum atomic E-state index is 13.6. The lowest BCUT2D eigenvalue weighted by molar-refractivity contribution is 0.448. The van der Waals surface area contributed by atoms with Crippen LogP contribution >= 0.6 is 0 Å². The van der Waals surface area contributed by atoms with E-state index in [0.29, 0.717) is 11.1 Å². The van der Waals surface area contributed by atoms with Crippen LogP contribution in [0.3, 0.4) is 0 Å². The molecule has 0 aromatic heterocycles. The highest BCUT2D eigenvalue weighted by Gasteiger charge is 2.14. The van der Waals surface area contributed by atoms with Gasteiger partial charge >= 0.3 is 0 Å². The molecule has 0 saturated carbocycles. The van der Waals surface area contributed by atoms with Gasteiger partial charge < -0.3 is 0 Å². The Bertz CT molecular complexity index is 828. The van der Waals surface area contributed by atoms with Gasteiger partial charge in [-0.25, -0.2) is 13.2 Å². The van der Waals surface area contributed by atoms with Crippen molar-refractivity contribution in [1.82, 2.24) is 0 Å². The largest absolute Gasteiger partial charge is 0.204 e. The lowest BCUT2D eigenvalue weighted by Crippen LogP contribution is -1.93. The molecule has 3 aromatic carbocycles. The molecular weight excluding hydrogens is 309 g/mol. The highest BCUT2D eigenvalue weighted by atomic mass is 19.2. The molecule has 3 aromatic rings. The fourth-order valence-electron chi connectivity index (χ4n) is 2.84. The van der Waals surface area contributed by atoms with Crippen LogP contribution in [0, 0.1) is 17.5 Å². The van der Waals surface area contributed by atoms with Crippen molar-refractivity contribution < 1.29 is 13.2 Å². The summed E-state index contributed by atoms with van der Waals surface area (Å²) in [5, 5.41) is 0. The molecule has 0 radical (unpaired) electrons. The predicted octanol–water partition coefficient (Wildman–Crippen LogP) is 6.39. The van der Waals surface area contributed by atoms with Crippen LogP contribution in [-0.4, -0.2) is 0 Å². The van der Waals surface area contributed by atoms with Gasteiger partial charge in [0.2, 0.25) is 0 Å². The molecule has 0 N–H and O–H groups in total. The first-order valence-electron chi connectivity index (χ1n) is 7.93. The lowest BCUT2D eigenvalue weighted by atomic mass is 9.93. The summed E-state index contributed by atoms with van der Waals surface area (Å²) in [4.78, 5) is 0. The molecule has 3 heteroatoms. The monoisotopic (exact) mass is 326 g/mol. The summed E-state index contributed by atoms with van der Waals surface area (Å²) < 4.78 is 40.4. The van der Waals surface area contributed by atoms with Gasteiger partial charge in [0.05, 0.1) is 0 Å². The van der Waals surface area contributed by atoms with E-state index in [0.717, 1.165) is 36.1 Å². The Labute approximate surface area is 139 Å². The summed E-state index contributed by atoms with van der Waals surface area (Å²) in [6.45, 7) is 2.13. The average Bonchev–Trinajstić information content (AvgIpc) is 2.60. The van der Waals surface area contributed by atoms with Gasteiger partial charge in [0.15, 0.2) is 17.5 Å². The quantitative estimate of drug-likeness (QED) is 0.487. The van der Waals surface area contributed by atoms with Crippen LogP contribution in [0.4, 0.5) is 13.2 Å². The minimum Gasteiger partial charge on any atom is -0.204 e. The second-order valence-corrected chi connectivity index (χ2v) is 5.75. The van der Waals surface area contributed by atoms with Gasteiger partial charge in [-0.05, 0) is 46.4 Å². The van der Waals surface area contributed by atoms with Crippen molar-refractivity contribution in [3.63, 3.8) is 0 Å². The molecule has 0 aliphatic carbocycles. The van der Waals surface area contributed by atoms with E-state index in [-0.39, 0.29) is 0 Å². The van der Waals surface area contributed by atoms with Crippen molar-refractivity contribution in [3.05, 3.63) is 83.7 Å². The summed E-state index contributed by atoms with van der Waals surface area (Å²) in [5.74, 6) is -3.81. The zero-order chi connectivity index (χ0) is 17.1. The van der Waals surface area contributed by atoms with E-state index in [2.05, 4.69) is 19.1 Å². The topological polar surface area (TPSA) is 0 Å². The number of aryl methyl sites for hydroxylation is 1. The fraction of sp³-hybridized carbons (Fsp3) is 0.143. The van der Waals surface area contributed by atoms with E-state index in [9.17, 15) is 13.2 Å². The standard InChI is InChI=1S/C21H17F3/c1-2-5-14-8-10-15(11-9-14)17-6-3-4-7-18(17)16-12-19(22)21(24)20(23)13-16/h3-4,6-13H,2,5H2,1H3. The molecule has 3 rings (SSSR count). The molecule has 122 valence electrons. The van der Waals surface area contributed by atoms with Crippen LogP contribution in [0.25, 0.3) is 22.3 Å². The molecule has 0 unspecified atom stereocenters. The van der Waals surface area contributed by atoms with Crippen molar-refractivity contribution in [1.29, 1.82) is 0 Å². The molecular formula is C21H17F3. The molecule has 0 amide bonds. The first kappa shape index (κ1) is 16.3. The van der Waals surface area contributed by atoms with Crippen LogP contribution in [-0.2, 0) is 6.42 Å². The zero-order valence-electron chi connectivity index (χ0n) is 13.3. The van der Waals surface area contributed by atoms with Crippen molar-refractivity contribution in [2.45, 2.75) is 19.8 Å². The third kappa shape index (κ3) is 3.21. The summed E-state index contributed by atoms with van der Waals surface area (Å²) in [6, 6.07) is 17.5. The second-order valence-electron chi connectivity index (χ2n) is 5.75. The van der Waals surface area contributed by atoms with E-state index < -0.39 is 17.5 Å². The zero-order valence-corrected chi connectivity index (χ0v) is 13.3. The van der Waals surface area contributed by atoms with Gasteiger partial charge in [-0.1, -0.05) is 61.9 Å². The maximum absolute atomic E-state index is 13.6. The molecule has 0 aliphatic rings. The molecule has 0 bridgehead atoms. The summed E-state index contributed by atoms with van der Waals surface area (Å²) >= 11 is 0. The smallest absolute Gasteiger partial charge is 0.194 e. The van der Waals surface area contributed by atoms with Gasteiger partial charge in [-0.3, -0.25) is 0 Å². The van der Waals surface area contributed by atoms with Gasteiger partial charge in [-0.15, -0.1) is 0 Å². The SMILES string of the molecule is CCCc1ccc(-c2ccccc2-c2cc(F)c(F)c(F)c2)cc1. The van der Waals surface area contributed by atoms with E-state index in [1.807, 2.05) is 24.3 Å². The summed E-state index contributed by atoms with van der Waals surface area (Å²) in [5.41, 5.74) is 4.04. The molecule has 0 heterocycles. The van der Waals surface area contributed by atoms with E-state index in [4.69, 9.17) is 0 Å². The number of benzene rings is 3. The van der Waals surface area contributed by atoms with Gasteiger partial charge in [-0.2, -0.15) is 0 Å². The minimum atomic E-state index is -1.44. The van der Waals surface area contributed by atoms with Crippen LogP contribution in [0.1, 0.15) is 18.9 Å². The first-order chi connectivity index (χ1) is 11.6. The van der Waals surface area contributed by atoms with Crippen molar-refractivity contribution in [2.24, 2.45) is 0 Å². The molecule has 0 saturated heterocycles. The third-order valence-corrected chi connectivity index (χ3v) is 4.03. The number of halogens is 3. The predicted molar refractivity (Wildman–Crippen MR) is 91.2 cm³/mol. The van der Waals surface area contributed by atoms with Crippen LogP contribution < -0.4 is 0 Å². The van der Waals surface area contributed by atoms with Crippen molar-refractivity contribution in [3.8, 4) is 22.3 Å². The van der Waals surface area contributed by atoms with E-state index in [1.165, 1.54) is 5.56 Å². The number of rotatable bonds is 4. The molecule has 0 atom stereocenters. The number of hydrogen-bond donors (Lipinski definition) is 0. The van der Waals surface area contributed by atoms with Gasteiger partial charge in [0, 0.05) is 0 Å². The maximum Gasteiger partial charge on any atom is 0.194 e. The lowest BCUT2D eigenvalue weighted by Gasteiger charge is -2.11. The Morgan fingerprint density at radius 3 is 1.79 bits per heavy atom. The Kier molecular flexibility index (Phi) is 4.70. The summed E-state index contributed by atoms with van der Waals surface area (Å²) in [6.07, 6.45) is 2.08. The Morgan fingerprint density at radius 1 is 0.708 bits per heavy atom. The normalized spacial score (nSPS) is 10.8. The van der Waals surface area contributed by atoms with Crippen LogP contribution in [0.15, 0.2) is 60.7 Å². The van der Waals surface area contributed by atoms with E-state index in [1.54, 1.807) is 12.1 Å². The Hall–Kier alpha value is -2.55. The van der Waals surface area contributed by atoms with E-state index >= 15 is 0 Å². The Morgan fingerprint density at radius 2 is 1.25 bits per heavy atom. The molecule has 0 aliphatic heterocycles. The molecule has 0 spiro atoms. The second kappa shape index (κ2) is 6.91. The average molecular weight is 326 g/mol.